The third-order valence-corrected chi connectivity index (χ3v) is 5.21. The smallest absolute Gasteiger partial charge is 0.256 e. The number of fused-ring (bicyclic) bond motifs is 1. The van der Waals surface area contributed by atoms with Crippen LogP contribution in [-0.4, -0.2) is 52.8 Å². The molecular weight excluding hydrogens is 326 g/mol. The minimum Gasteiger partial charge on any atom is -0.360 e. The Bertz CT molecular complexity index is 753. The van der Waals surface area contributed by atoms with E-state index in [-0.39, 0.29) is 17.7 Å². The van der Waals surface area contributed by atoms with Crippen LogP contribution in [0, 0.1) is 5.92 Å². The minimum absolute atomic E-state index is 0.0140. The highest BCUT2D eigenvalue weighted by Gasteiger charge is 2.38. The first-order valence-electron chi connectivity index (χ1n) is 9.79. The highest BCUT2D eigenvalue weighted by atomic mass is 16.2. The Hall–Kier alpha value is -2.30. The second kappa shape index (κ2) is 8.39. The number of aromatic nitrogens is 1. The first-order valence-corrected chi connectivity index (χ1v) is 9.79. The van der Waals surface area contributed by atoms with Crippen molar-refractivity contribution in [3.8, 4) is 0 Å². The van der Waals surface area contributed by atoms with E-state index in [2.05, 4.69) is 18.8 Å². The van der Waals surface area contributed by atoms with Crippen molar-refractivity contribution in [1.82, 2.24) is 14.8 Å². The molecule has 0 bridgehead atoms. The lowest BCUT2D eigenvalue weighted by molar-refractivity contribution is -0.140. The van der Waals surface area contributed by atoms with Gasteiger partial charge in [-0.1, -0.05) is 44.9 Å². The molecule has 0 spiro atoms. The normalized spacial score (nSPS) is 14.5. The highest BCUT2D eigenvalue weighted by molar-refractivity contribution is 6.07. The van der Waals surface area contributed by atoms with E-state index < -0.39 is 0 Å². The van der Waals surface area contributed by atoms with Gasteiger partial charge in [0, 0.05) is 43.3 Å². The lowest BCUT2D eigenvalue weighted by atomic mass is 9.96. The maximum Gasteiger partial charge on any atom is 0.256 e. The molecule has 2 aromatic rings. The molecule has 140 valence electrons. The van der Waals surface area contributed by atoms with Crippen LogP contribution in [-0.2, 0) is 4.79 Å². The predicted octanol–water partition coefficient (Wildman–Crippen LogP) is 3.67. The van der Waals surface area contributed by atoms with Crippen LogP contribution in [0.15, 0.2) is 30.5 Å². The summed E-state index contributed by atoms with van der Waals surface area (Å²) < 4.78 is 0. The minimum atomic E-state index is -0.0436. The molecule has 1 aliphatic heterocycles. The van der Waals surface area contributed by atoms with Crippen molar-refractivity contribution in [3.05, 3.63) is 36.0 Å². The standard InChI is InChI=1S/C21H29N3O2/c1-3-5-11-23(12-6-4-2)20(25)16-14-24(15-16)21(26)18-13-22-19-10-8-7-9-17(18)19/h7-10,13,16,22H,3-6,11-12,14-15H2,1-2H3. The molecule has 5 nitrogen and oxygen atoms in total. The van der Waals surface area contributed by atoms with Gasteiger partial charge in [-0.2, -0.15) is 0 Å². The van der Waals surface area contributed by atoms with Crippen molar-refractivity contribution in [2.24, 2.45) is 5.92 Å². The van der Waals surface area contributed by atoms with E-state index in [9.17, 15) is 9.59 Å². The Morgan fingerprint density at radius 1 is 1.12 bits per heavy atom. The van der Waals surface area contributed by atoms with Crippen LogP contribution < -0.4 is 0 Å². The predicted molar refractivity (Wildman–Crippen MR) is 104 cm³/mol. The van der Waals surface area contributed by atoms with E-state index in [4.69, 9.17) is 0 Å². The maximum absolute atomic E-state index is 12.8. The fraction of sp³-hybridized carbons (Fsp3) is 0.524. The zero-order valence-electron chi connectivity index (χ0n) is 15.8. The number of nitrogens with zero attached hydrogens (tertiary/aromatic N) is 2. The summed E-state index contributed by atoms with van der Waals surface area (Å²) >= 11 is 0. The average molecular weight is 355 g/mol. The third-order valence-electron chi connectivity index (χ3n) is 5.21. The Labute approximate surface area is 155 Å². The van der Waals surface area contributed by atoms with Gasteiger partial charge in [-0.05, 0) is 18.9 Å². The number of hydrogen-bond acceptors (Lipinski definition) is 2. The van der Waals surface area contributed by atoms with Gasteiger partial charge in [0.1, 0.15) is 0 Å². The number of carbonyl (C=O) groups is 2. The van der Waals surface area contributed by atoms with Crippen LogP contribution in [0.4, 0.5) is 0 Å². The summed E-state index contributed by atoms with van der Waals surface area (Å²) in [5, 5.41) is 0.944. The number of rotatable bonds is 8. The second-order valence-corrected chi connectivity index (χ2v) is 7.19. The van der Waals surface area contributed by atoms with Gasteiger partial charge in [0.2, 0.25) is 5.91 Å². The molecule has 2 amide bonds. The molecule has 0 atom stereocenters. The maximum atomic E-state index is 12.8. The number of hydrogen-bond donors (Lipinski definition) is 1. The molecule has 1 fully saturated rings. The first-order chi connectivity index (χ1) is 12.7. The van der Waals surface area contributed by atoms with E-state index >= 15 is 0 Å². The molecule has 0 radical (unpaired) electrons. The number of benzene rings is 1. The zero-order chi connectivity index (χ0) is 18.5. The van der Waals surface area contributed by atoms with Crippen molar-refractivity contribution in [1.29, 1.82) is 0 Å². The summed E-state index contributed by atoms with van der Waals surface area (Å²) in [6.45, 7) is 7.03. The molecule has 2 heterocycles. The Kier molecular flexibility index (Phi) is 5.96. The summed E-state index contributed by atoms with van der Waals surface area (Å²) in [6.07, 6.45) is 6.04. The summed E-state index contributed by atoms with van der Waals surface area (Å²) in [5.74, 6) is 0.188. The van der Waals surface area contributed by atoms with Gasteiger partial charge in [0.15, 0.2) is 0 Å². The molecule has 3 rings (SSSR count). The monoisotopic (exact) mass is 355 g/mol. The van der Waals surface area contributed by atoms with Gasteiger partial charge in [0.05, 0.1) is 11.5 Å². The largest absolute Gasteiger partial charge is 0.360 e. The molecule has 1 aliphatic rings. The molecular formula is C21H29N3O2. The van der Waals surface area contributed by atoms with Crippen LogP contribution in [0.25, 0.3) is 10.9 Å². The molecule has 1 saturated heterocycles. The lowest BCUT2D eigenvalue weighted by Crippen LogP contribution is -2.56. The molecule has 1 aromatic heterocycles. The average Bonchev–Trinajstić information content (AvgIpc) is 3.04. The third kappa shape index (κ3) is 3.76. The van der Waals surface area contributed by atoms with Crippen molar-refractivity contribution >= 4 is 22.7 Å². The molecule has 26 heavy (non-hydrogen) atoms. The van der Waals surface area contributed by atoms with Gasteiger partial charge in [-0.25, -0.2) is 0 Å². The van der Waals surface area contributed by atoms with Crippen LogP contribution in [0.5, 0.6) is 0 Å². The van der Waals surface area contributed by atoms with Gasteiger partial charge in [0.25, 0.3) is 5.91 Å². The quantitative estimate of drug-likeness (QED) is 0.785. The van der Waals surface area contributed by atoms with E-state index in [1.807, 2.05) is 29.2 Å². The molecule has 0 aliphatic carbocycles. The summed E-state index contributed by atoms with van der Waals surface area (Å²) in [4.78, 5) is 32.5. The summed E-state index contributed by atoms with van der Waals surface area (Å²) in [7, 11) is 0. The fourth-order valence-corrected chi connectivity index (χ4v) is 3.51. The molecule has 0 saturated carbocycles. The van der Waals surface area contributed by atoms with Gasteiger partial charge < -0.3 is 14.8 Å². The summed E-state index contributed by atoms with van der Waals surface area (Å²) in [6, 6.07) is 7.81. The molecule has 1 N–H and O–H groups in total. The number of unbranched alkanes of at least 4 members (excludes halogenated alkanes) is 2. The lowest BCUT2D eigenvalue weighted by Gasteiger charge is -2.40. The van der Waals surface area contributed by atoms with Crippen LogP contribution in [0.1, 0.15) is 49.9 Å². The fourth-order valence-electron chi connectivity index (χ4n) is 3.51. The van der Waals surface area contributed by atoms with Crippen LogP contribution in [0.3, 0.4) is 0 Å². The summed E-state index contributed by atoms with van der Waals surface area (Å²) in [5.41, 5.74) is 1.66. The Balaban J connectivity index is 1.60. The Morgan fingerprint density at radius 2 is 1.77 bits per heavy atom. The zero-order valence-corrected chi connectivity index (χ0v) is 15.8. The number of aromatic amines is 1. The van der Waals surface area contributed by atoms with Gasteiger partial charge >= 0.3 is 0 Å². The molecule has 5 heteroatoms. The second-order valence-electron chi connectivity index (χ2n) is 7.19. The number of nitrogens with one attached hydrogen (secondary N) is 1. The van der Waals surface area contributed by atoms with E-state index in [1.165, 1.54) is 0 Å². The van der Waals surface area contributed by atoms with Crippen molar-refractivity contribution in [2.45, 2.75) is 39.5 Å². The highest BCUT2D eigenvalue weighted by Crippen LogP contribution is 2.25. The van der Waals surface area contributed by atoms with Crippen LogP contribution >= 0.6 is 0 Å². The van der Waals surface area contributed by atoms with Crippen molar-refractivity contribution in [2.75, 3.05) is 26.2 Å². The van der Waals surface area contributed by atoms with E-state index in [0.717, 1.165) is 49.7 Å². The van der Waals surface area contributed by atoms with Crippen molar-refractivity contribution < 1.29 is 9.59 Å². The van der Waals surface area contributed by atoms with E-state index in [0.29, 0.717) is 18.7 Å². The molecule has 0 unspecified atom stereocenters. The van der Waals surface area contributed by atoms with Crippen LogP contribution in [0.2, 0.25) is 0 Å². The number of H-pyrrole nitrogens is 1. The van der Waals surface area contributed by atoms with Crippen molar-refractivity contribution in [3.63, 3.8) is 0 Å². The number of para-hydroxylation sites is 1. The molecule has 1 aromatic carbocycles. The van der Waals surface area contributed by atoms with Gasteiger partial charge in [-0.15, -0.1) is 0 Å². The van der Waals surface area contributed by atoms with E-state index in [1.54, 1.807) is 11.1 Å². The first kappa shape index (κ1) is 18.5. The number of likely N-dealkylation sites (tertiary alicyclic amines) is 1. The number of amides is 2. The number of carbonyl (C=O) groups excluding carboxylic acids is 2. The topological polar surface area (TPSA) is 56.4 Å². The van der Waals surface area contributed by atoms with Gasteiger partial charge in [-0.3, -0.25) is 9.59 Å². The SMILES string of the molecule is CCCCN(CCCC)C(=O)C1CN(C(=O)c2c[nH]c3ccccc23)C1. The Morgan fingerprint density at radius 3 is 2.42 bits per heavy atom.